The zero-order valence-electron chi connectivity index (χ0n) is 17.7. The maximum absolute atomic E-state index is 12.3. The van der Waals surface area contributed by atoms with Crippen LogP contribution in [0.15, 0.2) is 21.9 Å². The largest absolute Gasteiger partial charge is 0.408 e. The Labute approximate surface area is 166 Å². The van der Waals surface area contributed by atoms with Crippen molar-refractivity contribution < 1.29 is 18.7 Å². The van der Waals surface area contributed by atoms with Crippen molar-refractivity contribution in [2.24, 2.45) is 5.92 Å². The first-order valence-electron chi connectivity index (χ1n) is 9.54. The van der Waals surface area contributed by atoms with Crippen LogP contribution in [-0.4, -0.2) is 49.6 Å². The highest BCUT2D eigenvalue weighted by Crippen LogP contribution is 2.43. The third kappa shape index (κ3) is 4.53. The number of H-pyrrole nitrogens is 1. The van der Waals surface area contributed by atoms with Crippen molar-refractivity contribution in [1.82, 2.24) is 9.55 Å². The molecule has 0 aromatic carbocycles. The highest BCUT2D eigenvalue weighted by atomic mass is 28.4. The van der Waals surface area contributed by atoms with Gasteiger partial charge in [0.05, 0.1) is 6.10 Å². The summed E-state index contributed by atoms with van der Waals surface area (Å²) in [6.45, 7) is 12.6. The molecule has 158 valence electrons. The van der Waals surface area contributed by atoms with E-state index in [1.165, 1.54) is 16.8 Å². The number of carbonyl (C=O) groups is 1. The van der Waals surface area contributed by atoms with Gasteiger partial charge in [-0.15, -0.1) is 0 Å². The second-order valence-corrected chi connectivity index (χ2v) is 13.7. The number of aromatic nitrogens is 2. The summed E-state index contributed by atoms with van der Waals surface area (Å²) >= 11 is 0. The van der Waals surface area contributed by atoms with Crippen molar-refractivity contribution in [1.29, 1.82) is 0 Å². The molecule has 0 amide bonds. The molecule has 1 aliphatic rings. The third-order valence-corrected chi connectivity index (χ3v) is 10.4. The van der Waals surface area contributed by atoms with Gasteiger partial charge in [0.1, 0.15) is 18.5 Å². The molecule has 9 heteroatoms. The zero-order chi connectivity index (χ0) is 21.3. The van der Waals surface area contributed by atoms with Crippen LogP contribution in [-0.2, 0) is 18.7 Å². The van der Waals surface area contributed by atoms with Gasteiger partial charge in [-0.1, -0.05) is 27.7 Å². The van der Waals surface area contributed by atoms with Crippen LogP contribution in [0.25, 0.3) is 0 Å². The number of methoxy groups -OCH3 is 1. The van der Waals surface area contributed by atoms with Gasteiger partial charge in [0, 0.05) is 25.8 Å². The Hall–Kier alpha value is -1.55. The molecule has 1 aliphatic heterocycles. The SMILES string of the molecule is CO[C@H]1C(O[Si](C)(C)C(C)(C)C)[C@@H]([C@@H](C)CC=O)O[C@H]1n1ccc(=O)[nH]c1=O. The molecule has 28 heavy (non-hydrogen) atoms. The number of carbonyl (C=O) groups excluding carboxylic acids is 1. The van der Waals surface area contributed by atoms with Gasteiger partial charge in [0.2, 0.25) is 0 Å². The van der Waals surface area contributed by atoms with Crippen LogP contribution < -0.4 is 11.2 Å². The van der Waals surface area contributed by atoms with Gasteiger partial charge in [0.15, 0.2) is 14.5 Å². The smallest absolute Gasteiger partial charge is 0.330 e. The normalized spacial score (nSPS) is 27.0. The van der Waals surface area contributed by atoms with E-state index in [0.717, 1.165) is 6.29 Å². The van der Waals surface area contributed by atoms with E-state index in [0.29, 0.717) is 6.42 Å². The van der Waals surface area contributed by atoms with Gasteiger partial charge in [0.25, 0.3) is 5.56 Å². The molecular weight excluding hydrogens is 380 g/mol. The standard InChI is InChI=1S/C19H32N2O6Si/c1-12(9-11-22)14-15(27-28(6,7)19(2,3)4)16(25-5)17(26-14)21-10-8-13(23)20-18(21)24/h8,10-12,14-17H,9H2,1-7H3,(H,20,23,24)/t12-,14+,15?,16-,17+/m0/s1. The number of ether oxygens (including phenoxy) is 2. The van der Waals surface area contributed by atoms with Crippen molar-refractivity contribution in [3.8, 4) is 0 Å². The quantitative estimate of drug-likeness (QED) is 0.544. The van der Waals surface area contributed by atoms with Gasteiger partial charge >= 0.3 is 5.69 Å². The van der Waals surface area contributed by atoms with Crippen LogP contribution in [0.5, 0.6) is 0 Å². The van der Waals surface area contributed by atoms with Gasteiger partial charge in [-0.3, -0.25) is 14.3 Å². The van der Waals surface area contributed by atoms with E-state index in [4.69, 9.17) is 13.9 Å². The van der Waals surface area contributed by atoms with Crippen LogP contribution in [0.4, 0.5) is 0 Å². The molecule has 8 nitrogen and oxygen atoms in total. The highest BCUT2D eigenvalue weighted by molar-refractivity contribution is 6.74. The minimum Gasteiger partial charge on any atom is -0.408 e. The fourth-order valence-electron chi connectivity index (χ4n) is 3.16. The summed E-state index contributed by atoms with van der Waals surface area (Å²) in [6.07, 6.45) is 0.385. The first kappa shape index (κ1) is 22.7. The van der Waals surface area contributed by atoms with E-state index < -0.39 is 44.1 Å². The molecule has 0 radical (unpaired) electrons. The maximum Gasteiger partial charge on any atom is 0.330 e. The molecule has 1 N–H and O–H groups in total. The number of nitrogens with one attached hydrogen (secondary N) is 1. The van der Waals surface area contributed by atoms with E-state index in [1.54, 1.807) is 7.11 Å². The van der Waals surface area contributed by atoms with E-state index in [9.17, 15) is 14.4 Å². The van der Waals surface area contributed by atoms with Crippen molar-refractivity contribution in [3.63, 3.8) is 0 Å². The van der Waals surface area contributed by atoms with E-state index >= 15 is 0 Å². The molecule has 2 heterocycles. The number of hydrogen-bond acceptors (Lipinski definition) is 6. The minimum absolute atomic E-state index is 0.0311. The van der Waals surface area contributed by atoms with E-state index in [1.807, 2.05) is 6.92 Å². The number of hydrogen-bond donors (Lipinski definition) is 1. The Bertz CT molecular complexity index is 797. The molecular formula is C19H32N2O6Si. The summed E-state index contributed by atoms with van der Waals surface area (Å²) in [5.74, 6) is -0.117. The Balaban J connectivity index is 2.47. The highest BCUT2D eigenvalue weighted by Gasteiger charge is 2.52. The van der Waals surface area contributed by atoms with Crippen molar-refractivity contribution in [2.45, 2.75) is 76.8 Å². The summed E-state index contributed by atoms with van der Waals surface area (Å²) in [4.78, 5) is 37.1. The van der Waals surface area contributed by atoms with Gasteiger partial charge < -0.3 is 18.7 Å². The molecule has 0 spiro atoms. The topological polar surface area (TPSA) is 99.6 Å². The van der Waals surface area contributed by atoms with Crippen LogP contribution >= 0.6 is 0 Å². The number of nitrogens with zero attached hydrogens (tertiary/aromatic N) is 1. The van der Waals surface area contributed by atoms with Crippen molar-refractivity contribution in [3.05, 3.63) is 33.1 Å². The fraction of sp³-hybridized carbons (Fsp3) is 0.737. The van der Waals surface area contributed by atoms with Gasteiger partial charge in [-0.2, -0.15) is 0 Å². The Morgan fingerprint density at radius 1 is 1.32 bits per heavy atom. The van der Waals surface area contributed by atoms with Crippen LogP contribution in [0, 0.1) is 5.92 Å². The fourth-order valence-corrected chi connectivity index (χ4v) is 4.46. The predicted molar refractivity (Wildman–Crippen MR) is 108 cm³/mol. The monoisotopic (exact) mass is 412 g/mol. The first-order chi connectivity index (χ1) is 12.9. The van der Waals surface area contributed by atoms with Crippen LogP contribution in [0.2, 0.25) is 18.1 Å². The van der Waals surface area contributed by atoms with E-state index in [2.05, 4.69) is 38.8 Å². The molecule has 1 saturated heterocycles. The summed E-state index contributed by atoms with van der Waals surface area (Å²) < 4.78 is 19.9. The molecule has 5 atom stereocenters. The van der Waals surface area contributed by atoms with Gasteiger partial charge in [-0.25, -0.2) is 4.79 Å². The molecule has 1 aromatic heterocycles. The molecule has 1 unspecified atom stereocenters. The molecule has 1 fully saturated rings. The second-order valence-electron chi connectivity index (χ2n) is 8.93. The van der Waals surface area contributed by atoms with Gasteiger partial charge in [-0.05, 0) is 24.1 Å². The molecule has 1 aromatic rings. The third-order valence-electron chi connectivity index (χ3n) is 5.89. The second kappa shape index (κ2) is 8.44. The molecule has 0 bridgehead atoms. The lowest BCUT2D eigenvalue weighted by atomic mass is 9.96. The first-order valence-corrected chi connectivity index (χ1v) is 12.4. The lowest BCUT2D eigenvalue weighted by molar-refractivity contribution is -0.111. The van der Waals surface area contributed by atoms with Crippen molar-refractivity contribution in [2.75, 3.05) is 7.11 Å². The predicted octanol–water partition coefficient (Wildman–Crippen LogP) is 2.06. The molecule has 2 rings (SSSR count). The summed E-state index contributed by atoms with van der Waals surface area (Å²) in [7, 11) is -0.637. The molecule has 0 saturated carbocycles. The van der Waals surface area contributed by atoms with Crippen LogP contribution in [0.1, 0.15) is 40.3 Å². The lowest BCUT2D eigenvalue weighted by Gasteiger charge is -2.41. The average molecular weight is 413 g/mol. The summed E-state index contributed by atoms with van der Waals surface area (Å²) in [5, 5.41) is -0.0311. The number of aromatic amines is 1. The number of rotatable bonds is 7. The van der Waals surface area contributed by atoms with Crippen molar-refractivity contribution >= 4 is 14.6 Å². The Morgan fingerprint density at radius 3 is 2.46 bits per heavy atom. The molecule has 0 aliphatic carbocycles. The lowest BCUT2D eigenvalue weighted by Crippen LogP contribution is -2.50. The summed E-state index contributed by atoms with van der Waals surface area (Å²) in [6, 6.07) is 1.27. The van der Waals surface area contributed by atoms with E-state index in [-0.39, 0.29) is 11.0 Å². The minimum atomic E-state index is -2.19. The Morgan fingerprint density at radius 2 is 1.96 bits per heavy atom. The zero-order valence-corrected chi connectivity index (χ0v) is 18.7. The average Bonchev–Trinajstić information content (AvgIpc) is 2.91. The Kier molecular flexibility index (Phi) is 6.85. The number of aldehydes is 1. The summed E-state index contributed by atoms with van der Waals surface area (Å²) in [5.41, 5.74) is -1.05. The maximum atomic E-state index is 12.3. The van der Waals surface area contributed by atoms with Crippen LogP contribution in [0.3, 0.4) is 0 Å².